The van der Waals surface area contributed by atoms with Gasteiger partial charge in [0.15, 0.2) is 0 Å². The molecule has 6 heteroatoms. The number of hydrogen-bond donors (Lipinski definition) is 1. The summed E-state index contributed by atoms with van der Waals surface area (Å²) in [6, 6.07) is 11.4. The van der Waals surface area contributed by atoms with Crippen molar-refractivity contribution in [3.8, 4) is 5.00 Å². The minimum absolute atomic E-state index is 0.0261. The Morgan fingerprint density at radius 3 is 2.45 bits per heavy atom. The van der Waals surface area contributed by atoms with E-state index in [4.69, 9.17) is 0 Å². The van der Waals surface area contributed by atoms with Crippen LogP contribution in [0.5, 0.6) is 0 Å². The van der Waals surface area contributed by atoms with Crippen molar-refractivity contribution in [3.63, 3.8) is 0 Å². The number of nitrogens with zero attached hydrogens (tertiary/aromatic N) is 2. The van der Waals surface area contributed by atoms with Crippen LogP contribution < -0.4 is 5.32 Å². The zero-order chi connectivity index (χ0) is 20.4. The van der Waals surface area contributed by atoms with Gasteiger partial charge < -0.3 is 14.8 Å². The summed E-state index contributed by atoms with van der Waals surface area (Å²) in [5.41, 5.74) is 3.65. The summed E-state index contributed by atoms with van der Waals surface area (Å²) in [7, 11) is 3.47. The zero-order valence-electron chi connectivity index (χ0n) is 16.8. The third kappa shape index (κ3) is 3.98. The normalized spacial score (nSPS) is 13.0. The van der Waals surface area contributed by atoms with E-state index in [1.54, 1.807) is 30.3 Å². The maximum absolute atomic E-state index is 13.2. The van der Waals surface area contributed by atoms with E-state index in [9.17, 15) is 9.59 Å². The predicted molar refractivity (Wildman–Crippen MR) is 116 cm³/mol. The predicted octanol–water partition coefficient (Wildman–Crippen LogP) is 4.05. The quantitative estimate of drug-likeness (QED) is 0.694. The van der Waals surface area contributed by atoms with Crippen LogP contribution in [0.4, 0.5) is 0 Å². The molecular formula is C23H25N3O2S. The van der Waals surface area contributed by atoms with Crippen LogP contribution in [0.2, 0.25) is 0 Å². The number of rotatable bonds is 5. The van der Waals surface area contributed by atoms with Crippen LogP contribution in [0.15, 0.2) is 48.8 Å². The summed E-state index contributed by atoms with van der Waals surface area (Å²) in [5, 5.41) is 4.09. The van der Waals surface area contributed by atoms with Crippen molar-refractivity contribution in [3.05, 3.63) is 75.9 Å². The summed E-state index contributed by atoms with van der Waals surface area (Å²) in [6.07, 6.45) is 8.34. The van der Waals surface area contributed by atoms with E-state index < -0.39 is 0 Å². The van der Waals surface area contributed by atoms with Crippen LogP contribution in [-0.4, -0.2) is 35.4 Å². The van der Waals surface area contributed by atoms with Gasteiger partial charge in [-0.3, -0.25) is 9.59 Å². The Hall–Kier alpha value is -2.86. The molecule has 4 rings (SSSR count). The standard InChI is InChI=1S/C23H25N3O2S/c1-25(2)22(28)17-11-9-16(10-12-17)15-24-21(27)20-18-7-3-4-8-19(18)29-23(20)26-13-5-6-14-26/h5-6,9-14H,3-4,7-8,15H2,1-2H3,(H,24,27). The molecule has 2 heterocycles. The van der Waals surface area contributed by atoms with Crippen LogP contribution in [0, 0.1) is 0 Å². The van der Waals surface area contributed by atoms with Gasteiger partial charge in [-0.2, -0.15) is 0 Å². The Kier molecular flexibility index (Phi) is 5.53. The fourth-order valence-electron chi connectivity index (χ4n) is 3.73. The largest absolute Gasteiger partial charge is 0.348 e. The average molecular weight is 408 g/mol. The Morgan fingerprint density at radius 2 is 1.76 bits per heavy atom. The number of carbonyl (C=O) groups excluding carboxylic acids is 2. The van der Waals surface area contributed by atoms with Gasteiger partial charge in [0.05, 0.1) is 5.56 Å². The lowest BCUT2D eigenvalue weighted by Crippen LogP contribution is -2.25. The molecule has 0 bridgehead atoms. The number of aromatic nitrogens is 1. The first kappa shape index (κ1) is 19.5. The Labute approximate surface area is 175 Å². The lowest BCUT2D eigenvalue weighted by Gasteiger charge is -2.14. The van der Waals surface area contributed by atoms with Gasteiger partial charge in [-0.25, -0.2) is 0 Å². The molecule has 1 N–H and O–H groups in total. The van der Waals surface area contributed by atoms with E-state index in [0.717, 1.165) is 35.4 Å². The lowest BCUT2D eigenvalue weighted by molar-refractivity contribution is 0.0827. The van der Waals surface area contributed by atoms with Gasteiger partial charge in [-0.05, 0) is 61.1 Å². The topological polar surface area (TPSA) is 54.3 Å². The highest BCUT2D eigenvalue weighted by molar-refractivity contribution is 7.15. The molecule has 1 aliphatic rings. The van der Waals surface area contributed by atoms with E-state index in [1.165, 1.54) is 16.9 Å². The number of benzene rings is 1. The van der Waals surface area contributed by atoms with Gasteiger partial charge in [0.2, 0.25) is 0 Å². The van der Waals surface area contributed by atoms with E-state index in [0.29, 0.717) is 12.1 Å². The third-order valence-electron chi connectivity index (χ3n) is 5.28. The maximum Gasteiger partial charge on any atom is 0.254 e. The van der Waals surface area contributed by atoms with Gasteiger partial charge in [0.25, 0.3) is 11.8 Å². The molecule has 150 valence electrons. The van der Waals surface area contributed by atoms with Crippen LogP contribution in [0.25, 0.3) is 5.00 Å². The number of aryl methyl sites for hydroxylation is 1. The summed E-state index contributed by atoms with van der Waals surface area (Å²) in [4.78, 5) is 28.1. The van der Waals surface area contributed by atoms with Gasteiger partial charge in [-0.1, -0.05) is 12.1 Å². The highest BCUT2D eigenvalue weighted by Gasteiger charge is 2.26. The molecule has 0 atom stereocenters. The fourth-order valence-corrected chi connectivity index (χ4v) is 5.08. The molecule has 5 nitrogen and oxygen atoms in total. The number of nitrogens with one attached hydrogen (secondary N) is 1. The molecule has 3 aromatic rings. The Morgan fingerprint density at radius 1 is 1.07 bits per heavy atom. The first-order chi connectivity index (χ1) is 14.0. The van der Waals surface area contributed by atoms with E-state index in [1.807, 2.05) is 53.4 Å². The maximum atomic E-state index is 13.2. The van der Waals surface area contributed by atoms with E-state index in [-0.39, 0.29) is 11.8 Å². The Balaban J connectivity index is 1.53. The second-order valence-electron chi connectivity index (χ2n) is 7.56. The summed E-state index contributed by atoms with van der Waals surface area (Å²) < 4.78 is 2.04. The minimum Gasteiger partial charge on any atom is -0.348 e. The van der Waals surface area contributed by atoms with Gasteiger partial charge in [0, 0.05) is 43.5 Å². The highest BCUT2D eigenvalue weighted by atomic mass is 32.1. The molecule has 0 fully saturated rings. The molecular weight excluding hydrogens is 382 g/mol. The molecule has 0 spiro atoms. The number of amides is 2. The van der Waals surface area contributed by atoms with E-state index >= 15 is 0 Å². The lowest BCUT2D eigenvalue weighted by atomic mass is 9.95. The van der Waals surface area contributed by atoms with Gasteiger partial charge in [0.1, 0.15) is 5.00 Å². The summed E-state index contributed by atoms with van der Waals surface area (Å²) in [5.74, 6) is -0.0524. The zero-order valence-corrected chi connectivity index (χ0v) is 17.6. The molecule has 1 aliphatic carbocycles. The molecule has 0 radical (unpaired) electrons. The fraction of sp³-hybridized carbons (Fsp3) is 0.304. The summed E-state index contributed by atoms with van der Waals surface area (Å²) >= 11 is 1.74. The van der Waals surface area contributed by atoms with Crippen molar-refractivity contribution in [2.24, 2.45) is 0 Å². The molecule has 0 saturated heterocycles. The molecule has 0 aliphatic heterocycles. The van der Waals surface area contributed by atoms with Crippen molar-refractivity contribution in [2.45, 2.75) is 32.2 Å². The van der Waals surface area contributed by atoms with Crippen LogP contribution in [-0.2, 0) is 19.4 Å². The average Bonchev–Trinajstić information content (AvgIpc) is 3.39. The van der Waals surface area contributed by atoms with Crippen LogP contribution in [0.3, 0.4) is 0 Å². The molecule has 2 aromatic heterocycles. The SMILES string of the molecule is CN(C)C(=O)c1ccc(CNC(=O)c2c(-n3cccc3)sc3c2CCCC3)cc1. The van der Waals surface area contributed by atoms with Crippen LogP contribution >= 0.6 is 11.3 Å². The third-order valence-corrected chi connectivity index (χ3v) is 6.58. The number of hydrogen-bond acceptors (Lipinski definition) is 3. The first-order valence-corrected chi connectivity index (χ1v) is 10.7. The van der Waals surface area contributed by atoms with Crippen molar-refractivity contribution >= 4 is 23.2 Å². The molecule has 1 aromatic carbocycles. The molecule has 0 unspecified atom stereocenters. The first-order valence-electron chi connectivity index (χ1n) is 9.91. The molecule has 29 heavy (non-hydrogen) atoms. The highest BCUT2D eigenvalue weighted by Crippen LogP contribution is 2.36. The summed E-state index contributed by atoms with van der Waals surface area (Å²) in [6.45, 7) is 0.436. The van der Waals surface area contributed by atoms with Crippen molar-refractivity contribution < 1.29 is 9.59 Å². The van der Waals surface area contributed by atoms with Crippen molar-refractivity contribution in [1.29, 1.82) is 0 Å². The van der Waals surface area contributed by atoms with Crippen molar-refractivity contribution in [1.82, 2.24) is 14.8 Å². The van der Waals surface area contributed by atoms with Gasteiger partial charge >= 0.3 is 0 Å². The van der Waals surface area contributed by atoms with Crippen molar-refractivity contribution in [2.75, 3.05) is 14.1 Å². The smallest absolute Gasteiger partial charge is 0.254 e. The monoisotopic (exact) mass is 407 g/mol. The number of fused-ring (bicyclic) bond motifs is 1. The number of thiophene rings is 1. The van der Waals surface area contributed by atoms with E-state index in [2.05, 4.69) is 5.32 Å². The minimum atomic E-state index is -0.0263. The second-order valence-corrected chi connectivity index (χ2v) is 8.64. The second kappa shape index (κ2) is 8.25. The molecule has 0 saturated carbocycles. The number of carbonyl (C=O) groups is 2. The van der Waals surface area contributed by atoms with Gasteiger partial charge in [-0.15, -0.1) is 11.3 Å². The van der Waals surface area contributed by atoms with Crippen LogP contribution in [0.1, 0.15) is 49.6 Å². The Bertz CT molecular complexity index is 1020. The molecule has 2 amide bonds.